The molecule has 5 rings (SSSR count). The highest BCUT2D eigenvalue weighted by molar-refractivity contribution is 6.31. The number of rotatable bonds is 5. The average Bonchev–Trinajstić information content (AvgIpc) is 3.19. The quantitative estimate of drug-likeness (QED) is 0.193. The monoisotopic (exact) mass is 599 g/mol. The molecule has 0 unspecified atom stereocenters. The maximum absolute atomic E-state index is 13.2. The number of benzene rings is 1. The minimum absolute atomic E-state index is 0. The summed E-state index contributed by atoms with van der Waals surface area (Å²) in [5, 5.41) is 21.8. The first kappa shape index (κ1) is 31.5. The maximum atomic E-state index is 13.2. The van der Waals surface area contributed by atoms with E-state index < -0.39 is 0 Å². The standard InChI is InChI=1S/C27H38ClN7O2.2ClH/c28-18-13-14-21-20(17-18)24(34-25(31-21)26(36)30-19-9-3-1-2-4-10-19)32-22-11-5-6-12-23(22)33-27(29)35-15-7-8-16-37-35;;/h13-14,17,19,22-23H,1-12,15-16H2,(H2,29,33)(H,30,36)(H,31,32,34);2*1H/t22-,23+;;/m0../s1. The van der Waals surface area contributed by atoms with Gasteiger partial charge in [0.15, 0.2) is 0 Å². The normalized spacial score (nSPS) is 22.1. The number of aromatic nitrogens is 2. The van der Waals surface area contributed by atoms with Gasteiger partial charge in [-0.15, -0.1) is 24.8 Å². The highest BCUT2D eigenvalue weighted by atomic mass is 35.5. The summed E-state index contributed by atoms with van der Waals surface area (Å²) in [6, 6.07) is 5.73. The molecule has 3 fully saturated rings. The molecule has 9 nitrogen and oxygen atoms in total. The molecule has 2 heterocycles. The third-order valence-electron chi connectivity index (χ3n) is 7.71. The van der Waals surface area contributed by atoms with Gasteiger partial charge < -0.3 is 16.0 Å². The molecule has 39 heavy (non-hydrogen) atoms. The number of hydroxylamine groups is 2. The minimum Gasteiger partial charge on any atom is -0.365 e. The number of fused-ring (bicyclic) bond motifs is 1. The van der Waals surface area contributed by atoms with E-state index in [1.807, 2.05) is 12.1 Å². The molecule has 2 saturated carbocycles. The van der Waals surface area contributed by atoms with Gasteiger partial charge in [0.2, 0.25) is 11.8 Å². The molecular weight excluding hydrogens is 561 g/mol. The number of hydrogen-bond acceptors (Lipinski definition) is 6. The van der Waals surface area contributed by atoms with Crippen molar-refractivity contribution in [3.8, 4) is 0 Å². The molecule has 1 aliphatic heterocycles. The van der Waals surface area contributed by atoms with Crippen LogP contribution in [0.4, 0.5) is 5.82 Å². The van der Waals surface area contributed by atoms with E-state index in [2.05, 4.69) is 20.9 Å². The highest BCUT2D eigenvalue weighted by Gasteiger charge is 2.29. The lowest BCUT2D eigenvalue weighted by Gasteiger charge is -2.36. The predicted molar refractivity (Wildman–Crippen MR) is 160 cm³/mol. The van der Waals surface area contributed by atoms with Gasteiger partial charge in [0.1, 0.15) is 5.82 Å². The predicted octanol–water partition coefficient (Wildman–Crippen LogP) is 5.85. The minimum atomic E-state index is -0.228. The first-order chi connectivity index (χ1) is 18.1. The Morgan fingerprint density at radius 1 is 0.923 bits per heavy atom. The molecule has 2 atom stereocenters. The molecule has 4 N–H and O–H groups in total. The van der Waals surface area contributed by atoms with Crippen molar-refractivity contribution in [3.05, 3.63) is 29.0 Å². The van der Waals surface area contributed by atoms with Crippen molar-refractivity contribution < 1.29 is 9.63 Å². The lowest BCUT2D eigenvalue weighted by molar-refractivity contribution is -0.127. The maximum Gasteiger partial charge on any atom is 0.289 e. The lowest BCUT2D eigenvalue weighted by atomic mass is 9.90. The Morgan fingerprint density at radius 2 is 1.64 bits per heavy atom. The smallest absolute Gasteiger partial charge is 0.289 e. The molecule has 1 aromatic carbocycles. The Kier molecular flexibility index (Phi) is 12.2. The summed E-state index contributed by atoms with van der Waals surface area (Å²) in [5.74, 6) is 0.862. The highest BCUT2D eigenvalue weighted by Crippen LogP contribution is 2.28. The third-order valence-corrected chi connectivity index (χ3v) is 7.95. The zero-order valence-corrected chi connectivity index (χ0v) is 24.6. The van der Waals surface area contributed by atoms with Crippen LogP contribution in [0.2, 0.25) is 5.02 Å². The number of carbonyl (C=O) groups excluding carboxylic acids is 1. The molecule has 0 bridgehead atoms. The van der Waals surface area contributed by atoms with Crippen LogP contribution >= 0.6 is 36.4 Å². The van der Waals surface area contributed by atoms with Gasteiger partial charge in [0.05, 0.1) is 12.1 Å². The zero-order valence-electron chi connectivity index (χ0n) is 22.2. The average molecular weight is 601 g/mol. The summed E-state index contributed by atoms with van der Waals surface area (Å²) in [6.07, 6.45) is 12.8. The van der Waals surface area contributed by atoms with Gasteiger partial charge in [-0.2, -0.15) is 0 Å². The summed E-state index contributed by atoms with van der Waals surface area (Å²) in [7, 11) is 0. The Hall–Kier alpha value is -2.07. The van der Waals surface area contributed by atoms with E-state index in [1.165, 1.54) is 12.8 Å². The molecule has 2 aliphatic carbocycles. The topological polar surface area (TPSA) is 115 Å². The van der Waals surface area contributed by atoms with Crippen LogP contribution in [0.5, 0.6) is 0 Å². The Morgan fingerprint density at radius 3 is 2.36 bits per heavy atom. The lowest BCUT2D eigenvalue weighted by Crippen LogP contribution is -2.53. The largest absolute Gasteiger partial charge is 0.365 e. The second-order valence-electron chi connectivity index (χ2n) is 10.5. The van der Waals surface area contributed by atoms with E-state index in [1.54, 1.807) is 11.1 Å². The van der Waals surface area contributed by atoms with Gasteiger partial charge in [-0.25, -0.2) is 15.0 Å². The van der Waals surface area contributed by atoms with E-state index >= 15 is 0 Å². The van der Waals surface area contributed by atoms with Crippen LogP contribution in [0.25, 0.3) is 10.9 Å². The van der Waals surface area contributed by atoms with Crippen molar-refractivity contribution in [2.45, 2.75) is 95.2 Å². The van der Waals surface area contributed by atoms with Crippen molar-refractivity contribution in [2.24, 2.45) is 0 Å². The number of anilines is 1. The molecule has 0 spiro atoms. The fourth-order valence-electron chi connectivity index (χ4n) is 5.66. The summed E-state index contributed by atoms with van der Waals surface area (Å²) in [5.41, 5.74) is 0.683. The Labute approximate surface area is 247 Å². The zero-order chi connectivity index (χ0) is 25.6. The van der Waals surface area contributed by atoms with E-state index in [0.29, 0.717) is 28.9 Å². The third kappa shape index (κ3) is 8.22. The van der Waals surface area contributed by atoms with Crippen LogP contribution in [-0.2, 0) is 4.84 Å². The summed E-state index contributed by atoms with van der Waals surface area (Å²) < 4.78 is 0. The molecule has 12 heteroatoms. The van der Waals surface area contributed by atoms with E-state index in [0.717, 1.165) is 76.1 Å². The van der Waals surface area contributed by atoms with Gasteiger partial charge in [-0.05, 0) is 56.7 Å². The van der Waals surface area contributed by atoms with Crippen LogP contribution in [0.15, 0.2) is 18.2 Å². The second-order valence-corrected chi connectivity index (χ2v) is 10.9. The van der Waals surface area contributed by atoms with Crippen LogP contribution in [0, 0.1) is 5.41 Å². The Bertz CT molecular complexity index is 1110. The van der Waals surface area contributed by atoms with E-state index in [4.69, 9.17) is 26.8 Å². The number of amides is 1. The summed E-state index contributed by atoms with van der Waals surface area (Å²) in [4.78, 5) is 28.2. The van der Waals surface area contributed by atoms with Gasteiger partial charge in [0.25, 0.3) is 5.91 Å². The molecular formula is C27H40Cl3N7O2. The summed E-state index contributed by atoms with van der Waals surface area (Å²) in [6.45, 7) is 1.38. The van der Waals surface area contributed by atoms with Crippen molar-refractivity contribution >= 4 is 65.0 Å². The summed E-state index contributed by atoms with van der Waals surface area (Å²) >= 11 is 6.34. The number of guanidine groups is 1. The first-order valence-corrected chi connectivity index (χ1v) is 14.2. The van der Waals surface area contributed by atoms with Crippen LogP contribution < -0.4 is 16.0 Å². The fourth-order valence-corrected chi connectivity index (χ4v) is 5.83. The van der Waals surface area contributed by atoms with E-state index in [-0.39, 0.29) is 54.7 Å². The molecule has 216 valence electrons. The second kappa shape index (κ2) is 15.1. The van der Waals surface area contributed by atoms with Crippen LogP contribution in [0.1, 0.15) is 87.7 Å². The van der Waals surface area contributed by atoms with Gasteiger partial charge in [0, 0.05) is 35.1 Å². The Balaban J connectivity index is 0.00000210. The molecule has 1 amide bonds. The van der Waals surface area contributed by atoms with Crippen LogP contribution in [0.3, 0.4) is 0 Å². The molecule has 3 aliphatic rings. The molecule has 0 radical (unpaired) electrons. The molecule has 1 aromatic heterocycles. The first-order valence-electron chi connectivity index (χ1n) is 13.9. The van der Waals surface area contributed by atoms with Crippen LogP contribution in [-0.4, -0.2) is 58.2 Å². The number of nitrogens with zero attached hydrogens (tertiary/aromatic N) is 3. The SMILES string of the molecule is Cl.Cl.N=C(N[C@@H]1CCCC[C@@H]1Nc1nc(C(=O)NC2CCCCCC2)nc2ccc(Cl)cc12)N1CCCCO1. The van der Waals surface area contributed by atoms with E-state index in [9.17, 15) is 4.79 Å². The number of hydrogen-bond donors (Lipinski definition) is 4. The van der Waals surface area contributed by atoms with Crippen molar-refractivity contribution in [3.63, 3.8) is 0 Å². The number of carbonyl (C=O) groups is 1. The van der Waals surface area contributed by atoms with Crippen molar-refractivity contribution in [2.75, 3.05) is 18.5 Å². The number of nitrogens with one attached hydrogen (secondary N) is 4. The van der Waals surface area contributed by atoms with Crippen molar-refractivity contribution in [1.82, 2.24) is 25.7 Å². The van der Waals surface area contributed by atoms with Gasteiger partial charge in [-0.1, -0.05) is 50.1 Å². The van der Waals surface area contributed by atoms with Crippen molar-refractivity contribution in [1.29, 1.82) is 5.41 Å². The molecule has 1 saturated heterocycles. The van der Waals surface area contributed by atoms with Gasteiger partial charge >= 0.3 is 0 Å². The molecule has 2 aromatic rings. The fraction of sp³-hybridized carbons (Fsp3) is 0.630. The van der Waals surface area contributed by atoms with Gasteiger partial charge in [-0.3, -0.25) is 15.0 Å². The number of halogens is 3.